The van der Waals surface area contributed by atoms with Crippen LogP contribution >= 0.6 is 0 Å². The Morgan fingerprint density at radius 1 is 1.57 bits per heavy atom. The molecule has 1 aromatic carbocycles. The maximum absolute atomic E-state index is 13.5. The molecule has 0 radical (unpaired) electrons. The summed E-state index contributed by atoms with van der Waals surface area (Å²) < 4.78 is 48.1. The maximum atomic E-state index is 13.5. The average Bonchev–Trinajstić information content (AvgIpc) is 2.92. The number of fused-ring (bicyclic) bond motifs is 1. The number of amides is 1. The van der Waals surface area contributed by atoms with Crippen molar-refractivity contribution in [2.75, 3.05) is 11.9 Å². The Bertz CT molecular complexity index is 1100. The fourth-order valence-electron chi connectivity index (χ4n) is 2.87. The predicted octanol–water partition coefficient (Wildman–Crippen LogP) is 1.90. The number of carbonyl (C=O) groups is 1. The van der Waals surface area contributed by atoms with Crippen LogP contribution in [0.5, 0.6) is 5.75 Å². The monoisotopic (exact) mass is 404 g/mol. The van der Waals surface area contributed by atoms with Gasteiger partial charge >= 0.3 is 0 Å². The van der Waals surface area contributed by atoms with Crippen molar-refractivity contribution in [3.63, 3.8) is 0 Å². The quantitative estimate of drug-likeness (QED) is 0.756. The maximum Gasteiger partial charge on any atom is 0.276 e. The highest BCUT2D eigenvalue weighted by Crippen LogP contribution is 2.33. The van der Waals surface area contributed by atoms with Gasteiger partial charge in [0, 0.05) is 18.9 Å². The Morgan fingerprint density at radius 3 is 3.00 bits per heavy atom. The van der Waals surface area contributed by atoms with E-state index in [1.807, 2.05) is 0 Å². The molecule has 1 aromatic heterocycles. The first-order valence-corrected chi connectivity index (χ1v) is 9.71. The van der Waals surface area contributed by atoms with Crippen molar-refractivity contribution >= 4 is 21.6 Å². The molecule has 1 aliphatic rings. The minimum atomic E-state index is -3.89. The van der Waals surface area contributed by atoms with Crippen LogP contribution in [0.4, 0.5) is 10.1 Å². The van der Waals surface area contributed by atoms with Gasteiger partial charge in [-0.05, 0) is 24.6 Å². The molecule has 0 aliphatic carbocycles. The number of carbonyl (C=O) groups excluding carboxylic acids is 1. The number of anilines is 1. The summed E-state index contributed by atoms with van der Waals surface area (Å²) in [5.41, 5.74) is -0.0432. The van der Waals surface area contributed by atoms with E-state index in [2.05, 4.69) is 16.6 Å². The van der Waals surface area contributed by atoms with Crippen LogP contribution in [0.1, 0.15) is 22.5 Å². The van der Waals surface area contributed by atoms with Crippen molar-refractivity contribution in [2.24, 2.45) is 7.05 Å². The van der Waals surface area contributed by atoms with E-state index in [0.29, 0.717) is 6.42 Å². The van der Waals surface area contributed by atoms with Crippen molar-refractivity contribution in [3.8, 4) is 11.8 Å². The Morgan fingerprint density at radius 2 is 2.32 bits per heavy atom. The second-order valence-corrected chi connectivity index (χ2v) is 7.88. The van der Waals surface area contributed by atoms with Crippen molar-refractivity contribution in [1.82, 2.24) is 9.29 Å². The van der Waals surface area contributed by atoms with Crippen LogP contribution in [0, 0.1) is 17.1 Å². The zero-order chi connectivity index (χ0) is 20.5. The van der Waals surface area contributed by atoms with Crippen LogP contribution in [0.15, 0.2) is 41.9 Å². The molecule has 0 saturated heterocycles. The van der Waals surface area contributed by atoms with E-state index in [9.17, 15) is 17.6 Å². The second kappa shape index (κ2) is 7.46. The molecule has 2 heterocycles. The summed E-state index contributed by atoms with van der Waals surface area (Å²) in [4.78, 5) is 12.6. The van der Waals surface area contributed by atoms with Crippen LogP contribution in [0.3, 0.4) is 0 Å². The van der Waals surface area contributed by atoms with Gasteiger partial charge < -0.3 is 14.6 Å². The largest absolute Gasteiger partial charge is 0.488 e. The smallest absolute Gasteiger partial charge is 0.276 e. The van der Waals surface area contributed by atoms with Gasteiger partial charge in [0.15, 0.2) is 11.4 Å². The minimum Gasteiger partial charge on any atom is -0.488 e. The molecule has 0 fully saturated rings. The SMILES string of the molecule is C=CCC1COc2c(cn(C)c2C(=O)Nc2ccc(F)c(C#N)c2)S(=O)(=O)N1. The summed E-state index contributed by atoms with van der Waals surface area (Å²) in [5, 5.41) is 11.4. The van der Waals surface area contributed by atoms with E-state index in [-0.39, 0.29) is 34.2 Å². The summed E-state index contributed by atoms with van der Waals surface area (Å²) in [5.74, 6) is -1.43. The third-order valence-corrected chi connectivity index (χ3v) is 5.67. The Kier molecular flexibility index (Phi) is 5.22. The summed E-state index contributed by atoms with van der Waals surface area (Å²) in [6, 6.07) is 4.73. The Hall–Kier alpha value is -3.16. The number of hydrogen-bond acceptors (Lipinski definition) is 5. The number of halogens is 1. The normalized spacial score (nSPS) is 17.5. The van der Waals surface area contributed by atoms with Crippen LogP contribution in [0.25, 0.3) is 0 Å². The van der Waals surface area contributed by atoms with Gasteiger partial charge in [-0.3, -0.25) is 4.79 Å². The van der Waals surface area contributed by atoms with Crippen molar-refractivity contribution < 1.29 is 22.3 Å². The molecule has 10 heteroatoms. The molecular weight excluding hydrogens is 387 g/mol. The zero-order valence-corrected chi connectivity index (χ0v) is 15.7. The number of benzene rings is 1. The van der Waals surface area contributed by atoms with Crippen LogP contribution in [0.2, 0.25) is 0 Å². The van der Waals surface area contributed by atoms with Crippen LogP contribution in [-0.4, -0.2) is 31.5 Å². The number of rotatable bonds is 4. The lowest BCUT2D eigenvalue weighted by molar-refractivity contribution is 0.101. The lowest BCUT2D eigenvalue weighted by atomic mass is 10.2. The molecule has 0 spiro atoms. The molecule has 0 saturated carbocycles. The average molecular weight is 404 g/mol. The molecule has 8 nitrogen and oxygen atoms in total. The van der Waals surface area contributed by atoms with E-state index < -0.39 is 27.8 Å². The van der Waals surface area contributed by atoms with E-state index in [0.717, 1.165) is 6.07 Å². The number of sulfonamides is 1. The molecule has 2 N–H and O–H groups in total. The molecule has 146 valence electrons. The molecule has 28 heavy (non-hydrogen) atoms. The van der Waals surface area contributed by atoms with Gasteiger partial charge in [-0.2, -0.15) is 5.26 Å². The number of nitrogens with one attached hydrogen (secondary N) is 2. The second-order valence-electron chi connectivity index (χ2n) is 6.20. The fourth-order valence-corrected chi connectivity index (χ4v) is 4.29. The molecule has 2 aromatic rings. The van der Waals surface area contributed by atoms with Gasteiger partial charge in [-0.25, -0.2) is 17.5 Å². The van der Waals surface area contributed by atoms with Crippen LogP contribution < -0.4 is 14.8 Å². The number of nitriles is 1. The zero-order valence-electron chi connectivity index (χ0n) is 14.9. The first-order valence-electron chi connectivity index (χ1n) is 8.23. The molecule has 3 rings (SSSR count). The predicted molar refractivity (Wildman–Crippen MR) is 98.9 cm³/mol. The lowest BCUT2D eigenvalue weighted by Crippen LogP contribution is -2.36. The summed E-state index contributed by atoms with van der Waals surface area (Å²) >= 11 is 0. The highest BCUT2D eigenvalue weighted by molar-refractivity contribution is 7.89. The van der Waals surface area contributed by atoms with Gasteiger partial charge in [0.25, 0.3) is 5.91 Å². The van der Waals surface area contributed by atoms with E-state index in [4.69, 9.17) is 10.00 Å². The Balaban J connectivity index is 1.96. The molecular formula is C18H17FN4O4S. The Labute approximate surface area is 161 Å². The van der Waals surface area contributed by atoms with Crippen molar-refractivity contribution in [1.29, 1.82) is 5.26 Å². The summed E-state index contributed by atoms with van der Waals surface area (Å²) in [7, 11) is -2.38. The first kappa shape index (κ1) is 19.6. The number of nitrogens with zero attached hydrogens (tertiary/aromatic N) is 2. The number of aryl methyl sites for hydroxylation is 1. The van der Waals surface area contributed by atoms with Crippen molar-refractivity contribution in [2.45, 2.75) is 17.4 Å². The van der Waals surface area contributed by atoms with Gasteiger partial charge in [0.2, 0.25) is 10.0 Å². The third-order valence-electron chi connectivity index (χ3n) is 4.15. The molecule has 1 atom stereocenters. The molecule has 1 unspecified atom stereocenters. The summed E-state index contributed by atoms with van der Waals surface area (Å²) in [6.45, 7) is 3.61. The molecule has 1 amide bonds. The fraction of sp³-hybridized carbons (Fsp3) is 0.222. The first-order chi connectivity index (χ1) is 13.3. The number of aromatic nitrogens is 1. The van der Waals surface area contributed by atoms with Gasteiger partial charge in [0.05, 0.1) is 11.6 Å². The van der Waals surface area contributed by atoms with E-state index >= 15 is 0 Å². The van der Waals surface area contributed by atoms with Gasteiger partial charge in [-0.1, -0.05) is 6.08 Å². The summed E-state index contributed by atoms with van der Waals surface area (Å²) in [6.07, 6.45) is 3.22. The van der Waals surface area contributed by atoms with Crippen LogP contribution in [-0.2, 0) is 17.1 Å². The molecule has 1 aliphatic heterocycles. The van der Waals surface area contributed by atoms with E-state index in [1.54, 1.807) is 12.1 Å². The van der Waals surface area contributed by atoms with Gasteiger partial charge in [-0.15, -0.1) is 6.58 Å². The highest BCUT2D eigenvalue weighted by Gasteiger charge is 2.34. The van der Waals surface area contributed by atoms with Crippen molar-refractivity contribution in [3.05, 3.63) is 54.1 Å². The van der Waals surface area contributed by atoms with E-state index in [1.165, 1.54) is 29.9 Å². The highest BCUT2D eigenvalue weighted by atomic mass is 32.2. The minimum absolute atomic E-state index is 0.0116. The third kappa shape index (κ3) is 3.62. The number of ether oxygens (including phenoxy) is 1. The topological polar surface area (TPSA) is 113 Å². The van der Waals surface area contributed by atoms with Gasteiger partial charge in [0.1, 0.15) is 23.4 Å². The number of hydrogen-bond donors (Lipinski definition) is 2. The lowest BCUT2D eigenvalue weighted by Gasteiger charge is -2.13. The standard InChI is InChI=1S/C18H17FN4O4S/c1-3-4-13-10-27-17-15(28(25,26)22-13)9-23(2)16(17)18(24)21-12-5-6-14(19)11(7-12)8-20/h3,5-7,9,13,22H,1,4,10H2,2H3,(H,21,24). The molecule has 0 bridgehead atoms.